The summed E-state index contributed by atoms with van der Waals surface area (Å²) in [5.74, 6) is -0.0222. The molecule has 5 rings (SSSR count). The Kier molecular flexibility index (Phi) is 9.99. The highest BCUT2D eigenvalue weighted by atomic mass is 16.6. The van der Waals surface area contributed by atoms with Crippen molar-refractivity contribution >= 4 is 23.8 Å². The molecule has 3 amide bonds. The number of nitrogens with zero attached hydrogens (tertiary/aromatic N) is 1. The summed E-state index contributed by atoms with van der Waals surface area (Å²) in [6, 6.07) is 20.2. The zero-order valence-corrected chi connectivity index (χ0v) is 27.5. The second-order valence-corrected chi connectivity index (χ2v) is 13.6. The van der Waals surface area contributed by atoms with E-state index in [9.17, 15) is 14.4 Å². The van der Waals surface area contributed by atoms with E-state index >= 15 is 0 Å². The summed E-state index contributed by atoms with van der Waals surface area (Å²) in [6.45, 7) is 7.56. The van der Waals surface area contributed by atoms with Crippen molar-refractivity contribution in [1.29, 1.82) is 0 Å². The zero-order chi connectivity index (χ0) is 32.9. The van der Waals surface area contributed by atoms with Crippen LogP contribution in [-0.4, -0.2) is 41.8 Å². The monoisotopic (exact) mass is 626 g/mol. The smallest absolute Gasteiger partial charge is 0.408 e. The number of rotatable bonds is 8. The molecule has 0 spiro atoms. The number of pyridine rings is 1. The van der Waals surface area contributed by atoms with Gasteiger partial charge >= 0.3 is 12.2 Å². The Morgan fingerprint density at radius 3 is 2.17 bits per heavy atom. The lowest BCUT2D eigenvalue weighted by Gasteiger charge is -2.43. The van der Waals surface area contributed by atoms with E-state index < -0.39 is 23.3 Å². The first-order valence-corrected chi connectivity index (χ1v) is 16.3. The van der Waals surface area contributed by atoms with Gasteiger partial charge in [-0.2, -0.15) is 0 Å². The van der Waals surface area contributed by atoms with Gasteiger partial charge in [-0.1, -0.05) is 61.5 Å². The van der Waals surface area contributed by atoms with Crippen LogP contribution < -0.4 is 16.0 Å². The number of aromatic nitrogens is 1. The number of carbonyl (C=O) groups excluding carboxylic acids is 3. The van der Waals surface area contributed by atoms with Gasteiger partial charge in [0.1, 0.15) is 11.7 Å². The lowest BCUT2D eigenvalue weighted by molar-refractivity contribution is -0.121. The summed E-state index contributed by atoms with van der Waals surface area (Å²) < 4.78 is 11.0. The quantitative estimate of drug-likeness (QED) is 0.235. The van der Waals surface area contributed by atoms with Gasteiger partial charge in [0, 0.05) is 24.1 Å². The number of benzene rings is 2. The Morgan fingerprint density at radius 1 is 0.913 bits per heavy atom. The van der Waals surface area contributed by atoms with E-state index in [0.29, 0.717) is 5.69 Å². The fraction of sp³-hybridized carbons (Fsp3) is 0.459. The average molecular weight is 627 g/mol. The molecule has 2 fully saturated rings. The predicted molar refractivity (Wildman–Crippen MR) is 179 cm³/mol. The van der Waals surface area contributed by atoms with Gasteiger partial charge in [-0.25, -0.2) is 9.59 Å². The summed E-state index contributed by atoms with van der Waals surface area (Å²) >= 11 is 0. The van der Waals surface area contributed by atoms with Crippen LogP contribution in [0.25, 0.3) is 22.4 Å². The maximum Gasteiger partial charge on any atom is 0.408 e. The van der Waals surface area contributed by atoms with Crippen LogP contribution in [0.1, 0.15) is 78.2 Å². The first-order chi connectivity index (χ1) is 22.0. The molecule has 0 aliphatic heterocycles. The third-order valence-electron chi connectivity index (χ3n) is 9.22. The minimum absolute atomic E-state index is 0.0446. The minimum atomic E-state index is -0.564. The molecule has 0 saturated heterocycles. The summed E-state index contributed by atoms with van der Waals surface area (Å²) in [5.41, 5.74) is 4.34. The molecule has 1 unspecified atom stereocenters. The second kappa shape index (κ2) is 13.9. The molecule has 2 aliphatic carbocycles. The van der Waals surface area contributed by atoms with E-state index in [1.165, 1.54) is 0 Å². The molecule has 3 aromatic rings. The normalized spacial score (nSPS) is 19.6. The molecule has 1 heterocycles. The summed E-state index contributed by atoms with van der Waals surface area (Å²) in [7, 11) is 1.56. The van der Waals surface area contributed by atoms with Crippen LogP contribution in [0.4, 0.5) is 15.3 Å². The van der Waals surface area contributed by atoms with Gasteiger partial charge in [-0.15, -0.1) is 0 Å². The first-order valence-electron chi connectivity index (χ1n) is 16.3. The number of amides is 3. The number of hydrogen-bond donors (Lipinski definition) is 3. The molecule has 9 nitrogen and oxygen atoms in total. The topological polar surface area (TPSA) is 119 Å². The molecule has 2 aromatic carbocycles. The van der Waals surface area contributed by atoms with Gasteiger partial charge in [-0.05, 0) is 88.8 Å². The van der Waals surface area contributed by atoms with E-state index in [1.807, 2.05) is 76.2 Å². The van der Waals surface area contributed by atoms with Crippen molar-refractivity contribution in [1.82, 2.24) is 15.6 Å². The number of alkyl carbamates (subject to hydrolysis) is 2. The van der Waals surface area contributed by atoms with Crippen LogP contribution in [0.3, 0.4) is 0 Å². The Labute approximate surface area is 271 Å². The second-order valence-electron chi connectivity index (χ2n) is 13.6. The Bertz CT molecular complexity index is 1520. The molecular formula is C37H46N4O5. The van der Waals surface area contributed by atoms with Gasteiger partial charge in [0.05, 0.1) is 23.1 Å². The van der Waals surface area contributed by atoms with Gasteiger partial charge in [0.15, 0.2) is 0 Å². The lowest BCUT2D eigenvalue weighted by atomic mass is 9.71. The third-order valence-corrected chi connectivity index (χ3v) is 9.22. The highest BCUT2D eigenvalue weighted by Crippen LogP contribution is 2.42. The molecule has 244 valence electrons. The van der Waals surface area contributed by atoms with Gasteiger partial charge in [0.25, 0.3) is 0 Å². The van der Waals surface area contributed by atoms with E-state index in [0.717, 1.165) is 72.9 Å². The van der Waals surface area contributed by atoms with Crippen molar-refractivity contribution < 1.29 is 23.9 Å². The molecule has 0 bridgehead atoms. The average Bonchev–Trinajstić information content (AvgIpc) is 3.02. The van der Waals surface area contributed by atoms with Crippen molar-refractivity contribution in [3.8, 4) is 22.4 Å². The highest BCUT2D eigenvalue weighted by Gasteiger charge is 2.41. The van der Waals surface area contributed by atoms with Crippen molar-refractivity contribution in [2.45, 2.75) is 89.9 Å². The van der Waals surface area contributed by atoms with Crippen molar-refractivity contribution in [2.24, 2.45) is 11.8 Å². The van der Waals surface area contributed by atoms with Crippen molar-refractivity contribution in [3.05, 3.63) is 72.4 Å². The number of ether oxygens (including phenoxy) is 2. The summed E-state index contributed by atoms with van der Waals surface area (Å²) in [4.78, 5) is 42.4. The minimum Gasteiger partial charge on any atom is -0.446 e. The standard InChI is InChI=1S/C37H46N4O5/c1-24(25-14-18-30(19-15-25)45-34(43)38-5)33(42)40-29-22-31(26-10-7-6-8-11-26)32(39-23-29)27-12-16-28(17-13-27)37(20-9-21-37)41-35(44)46-36(2,3)4/h6-8,10-13,16-17,22-25,30H,9,14-15,18-21H2,1-5H3,(H,38,43)(H,40,42)(H,41,44). The molecular weight excluding hydrogens is 580 g/mol. The van der Waals surface area contributed by atoms with E-state index in [-0.39, 0.29) is 23.8 Å². The first kappa shape index (κ1) is 33.0. The number of anilines is 1. The number of hydrogen-bond acceptors (Lipinski definition) is 6. The molecule has 1 atom stereocenters. The molecule has 2 saturated carbocycles. The molecule has 0 radical (unpaired) electrons. The SMILES string of the molecule is CNC(=O)OC1CCC(C(C)C(=O)Nc2cnc(-c3ccc(C4(NC(=O)OC(C)(C)C)CCC4)cc3)c(-c3ccccc3)c2)CC1. The van der Waals surface area contributed by atoms with Crippen LogP contribution in [0.5, 0.6) is 0 Å². The largest absolute Gasteiger partial charge is 0.446 e. The Hall–Kier alpha value is -4.40. The van der Waals surface area contributed by atoms with Crippen molar-refractivity contribution in [2.75, 3.05) is 12.4 Å². The molecule has 3 N–H and O–H groups in total. The summed E-state index contributed by atoms with van der Waals surface area (Å²) in [6.07, 6.45) is 6.71. The van der Waals surface area contributed by atoms with Crippen LogP contribution >= 0.6 is 0 Å². The third kappa shape index (κ3) is 7.87. The molecule has 2 aliphatic rings. The van der Waals surface area contributed by atoms with E-state index in [4.69, 9.17) is 14.5 Å². The van der Waals surface area contributed by atoms with Gasteiger partial charge < -0.3 is 25.4 Å². The molecule has 9 heteroatoms. The van der Waals surface area contributed by atoms with Crippen LogP contribution in [0.2, 0.25) is 0 Å². The Morgan fingerprint density at radius 2 is 1.59 bits per heavy atom. The van der Waals surface area contributed by atoms with Crippen molar-refractivity contribution in [3.63, 3.8) is 0 Å². The molecule has 46 heavy (non-hydrogen) atoms. The van der Waals surface area contributed by atoms with Crippen LogP contribution in [-0.2, 0) is 19.8 Å². The number of carbonyl (C=O) groups is 3. The van der Waals surface area contributed by atoms with Gasteiger partial charge in [0.2, 0.25) is 5.91 Å². The van der Waals surface area contributed by atoms with Crippen LogP contribution in [0.15, 0.2) is 66.9 Å². The lowest BCUT2D eigenvalue weighted by Crippen LogP contribution is -2.52. The fourth-order valence-corrected chi connectivity index (χ4v) is 6.45. The maximum atomic E-state index is 13.4. The Balaban J connectivity index is 1.32. The predicted octanol–water partition coefficient (Wildman–Crippen LogP) is 7.81. The van der Waals surface area contributed by atoms with Crippen LogP contribution in [0, 0.1) is 11.8 Å². The highest BCUT2D eigenvalue weighted by molar-refractivity contribution is 5.94. The number of nitrogens with one attached hydrogen (secondary N) is 3. The van der Waals surface area contributed by atoms with E-state index in [1.54, 1.807) is 13.2 Å². The zero-order valence-electron chi connectivity index (χ0n) is 27.5. The fourth-order valence-electron chi connectivity index (χ4n) is 6.45. The van der Waals surface area contributed by atoms with E-state index in [2.05, 4.69) is 28.1 Å². The van der Waals surface area contributed by atoms with Gasteiger partial charge in [-0.3, -0.25) is 9.78 Å². The maximum absolute atomic E-state index is 13.4. The summed E-state index contributed by atoms with van der Waals surface area (Å²) in [5, 5.41) is 8.74. The molecule has 1 aromatic heterocycles.